The third-order valence-electron chi connectivity index (χ3n) is 1.25. The summed E-state index contributed by atoms with van der Waals surface area (Å²) in [6, 6.07) is 6.84. The Bertz CT molecular complexity index is 277. The number of halogens is 1. The second-order valence-electron chi connectivity index (χ2n) is 2.30. The summed E-state index contributed by atoms with van der Waals surface area (Å²) >= 11 is 5.61. The van der Waals surface area contributed by atoms with E-state index in [9.17, 15) is 4.79 Å². The van der Waals surface area contributed by atoms with Crippen molar-refractivity contribution >= 4 is 23.7 Å². The van der Waals surface area contributed by atoms with Gasteiger partial charge in [-0.05, 0) is 38.1 Å². The minimum Gasteiger partial charge on any atom is -0.304 e. The minimum absolute atomic E-state index is 0.0664. The Hall–Kier alpha value is -1.15. The van der Waals surface area contributed by atoms with Gasteiger partial charge in [-0.3, -0.25) is 4.79 Å². The smallest absolute Gasteiger partial charge is 0.159 e. The summed E-state index contributed by atoms with van der Waals surface area (Å²) in [6.45, 7) is 2.98. The largest absolute Gasteiger partial charge is 0.304 e. The van der Waals surface area contributed by atoms with E-state index in [1.165, 1.54) is 13.8 Å². The molecule has 0 bridgehead atoms. The number of hydrogen-bond donors (Lipinski definition) is 0. The van der Waals surface area contributed by atoms with Gasteiger partial charge in [-0.25, -0.2) is 0 Å². The van der Waals surface area contributed by atoms with Crippen molar-refractivity contribution in [3.63, 3.8) is 0 Å². The zero-order valence-electron chi connectivity index (χ0n) is 7.58. The van der Waals surface area contributed by atoms with Gasteiger partial charge in [-0.15, -0.1) is 0 Å². The molecule has 0 aromatic heterocycles. The molecule has 0 heterocycles. The molecule has 0 radical (unpaired) electrons. The predicted octanol–water partition coefficient (Wildman–Crippen LogP) is 2.75. The molecule has 1 rings (SSSR count). The molecule has 2 nitrogen and oxygen atoms in total. The normalized spacial score (nSPS) is 8.23. The molecule has 13 heavy (non-hydrogen) atoms. The van der Waals surface area contributed by atoms with Crippen LogP contribution in [0.15, 0.2) is 24.3 Å². The fourth-order valence-corrected chi connectivity index (χ4v) is 0.811. The molecule has 0 fully saturated rings. The molecule has 0 unspecified atom stereocenters. The molecule has 0 spiro atoms. The number of aldehydes is 1. The molecule has 1 aromatic rings. The van der Waals surface area contributed by atoms with Crippen molar-refractivity contribution in [3.8, 4) is 0 Å². The van der Waals surface area contributed by atoms with E-state index in [1.807, 2.05) is 0 Å². The highest BCUT2D eigenvalue weighted by atomic mass is 35.5. The maximum atomic E-state index is 10.7. The second-order valence-corrected chi connectivity index (χ2v) is 2.74. The van der Waals surface area contributed by atoms with Crippen LogP contribution in [0.4, 0.5) is 0 Å². The summed E-state index contributed by atoms with van der Waals surface area (Å²) in [6.07, 6.45) is 0.750. The summed E-state index contributed by atoms with van der Waals surface area (Å²) in [4.78, 5) is 19.5. The van der Waals surface area contributed by atoms with Crippen LogP contribution in [0.2, 0.25) is 5.02 Å². The first-order valence-corrected chi connectivity index (χ1v) is 4.16. The van der Waals surface area contributed by atoms with Crippen LogP contribution in [-0.4, -0.2) is 12.1 Å². The van der Waals surface area contributed by atoms with Crippen LogP contribution in [0.3, 0.4) is 0 Å². The van der Waals surface area contributed by atoms with Gasteiger partial charge in [0.2, 0.25) is 0 Å². The number of rotatable bonds is 1. The summed E-state index contributed by atoms with van der Waals surface area (Å²) < 4.78 is 0. The van der Waals surface area contributed by atoms with Crippen molar-refractivity contribution < 1.29 is 9.59 Å². The lowest BCUT2D eigenvalue weighted by molar-refractivity contribution is -0.106. The maximum Gasteiger partial charge on any atom is 0.159 e. The highest BCUT2D eigenvalue weighted by Gasteiger charge is 1.95. The van der Waals surface area contributed by atoms with Gasteiger partial charge < -0.3 is 4.79 Å². The van der Waals surface area contributed by atoms with E-state index in [2.05, 4.69) is 0 Å². The van der Waals surface area contributed by atoms with Crippen molar-refractivity contribution in [1.82, 2.24) is 0 Å². The molecular weight excluding hydrogens is 188 g/mol. The molecule has 0 amide bonds. The van der Waals surface area contributed by atoms with Crippen LogP contribution in [-0.2, 0) is 4.79 Å². The summed E-state index contributed by atoms with van der Waals surface area (Å²) in [5.41, 5.74) is 0.699. The van der Waals surface area contributed by atoms with Gasteiger partial charge in [0, 0.05) is 10.6 Å². The van der Waals surface area contributed by atoms with Gasteiger partial charge in [0.1, 0.15) is 6.29 Å². The van der Waals surface area contributed by atoms with Crippen molar-refractivity contribution in [3.05, 3.63) is 34.9 Å². The molecule has 0 aliphatic carbocycles. The molecule has 0 aliphatic rings. The Morgan fingerprint density at radius 3 is 2.00 bits per heavy atom. The lowest BCUT2D eigenvalue weighted by Gasteiger charge is -1.92. The quantitative estimate of drug-likeness (QED) is 0.514. The topological polar surface area (TPSA) is 34.1 Å². The molecule has 0 N–H and O–H groups in total. The summed E-state index contributed by atoms with van der Waals surface area (Å²) in [5.74, 6) is 0.0664. The third-order valence-corrected chi connectivity index (χ3v) is 1.50. The zero-order chi connectivity index (χ0) is 10.3. The van der Waals surface area contributed by atoms with Gasteiger partial charge in [0.05, 0.1) is 0 Å². The highest BCUT2D eigenvalue weighted by molar-refractivity contribution is 6.30. The summed E-state index contributed by atoms with van der Waals surface area (Å²) in [5, 5.41) is 0.657. The Morgan fingerprint density at radius 2 is 1.69 bits per heavy atom. The molecule has 0 saturated carbocycles. The molecular formula is C10H11ClO2. The van der Waals surface area contributed by atoms with Gasteiger partial charge in [-0.1, -0.05) is 11.6 Å². The zero-order valence-corrected chi connectivity index (χ0v) is 8.34. The first-order chi connectivity index (χ1) is 6.11. The van der Waals surface area contributed by atoms with Gasteiger partial charge in [0.15, 0.2) is 5.78 Å². The maximum absolute atomic E-state index is 10.7. The van der Waals surface area contributed by atoms with Crippen LogP contribution in [0.25, 0.3) is 0 Å². The van der Waals surface area contributed by atoms with E-state index in [0.717, 1.165) is 6.29 Å². The Morgan fingerprint density at radius 1 is 1.31 bits per heavy atom. The minimum atomic E-state index is 0.0664. The fourth-order valence-electron chi connectivity index (χ4n) is 0.685. The Balaban J connectivity index is 0.000000424. The molecule has 1 aromatic carbocycles. The van der Waals surface area contributed by atoms with Gasteiger partial charge >= 0.3 is 0 Å². The fraction of sp³-hybridized carbons (Fsp3) is 0.200. The predicted molar refractivity (Wildman–Crippen MR) is 53.2 cm³/mol. The molecule has 0 saturated heterocycles. The average Bonchev–Trinajstić information content (AvgIpc) is 2.06. The number of carbonyl (C=O) groups is 2. The lowest BCUT2D eigenvalue weighted by Crippen LogP contribution is -1.89. The van der Waals surface area contributed by atoms with E-state index >= 15 is 0 Å². The van der Waals surface area contributed by atoms with Gasteiger partial charge in [0.25, 0.3) is 0 Å². The van der Waals surface area contributed by atoms with Crippen LogP contribution in [0.1, 0.15) is 24.2 Å². The molecule has 3 heteroatoms. The van der Waals surface area contributed by atoms with Gasteiger partial charge in [-0.2, -0.15) is 0 Å². The SMILES string of the molecule is CC(=O)c1ccc(Cl)cc1.CC=O. The van der Waals surface area contributed by atoms with E-state index in [1.54, 1.807) is 24.3 Å². The number of hydrogen-bond acceptors (Lipinski definition) is 2. The van der Waals surface area contributed by atoms with E-state index in [4.69, 9.17) is 16.4 Å². The summed E-state index contributed by atoms with van der Waals surface area (Å²) in [7, 11) is 0. The first-order valence-electron chi connectivity index (χ1n) is 3.78. The number of carbonyl (C=O) groups excluding carboxylic acids is 2. The van der Waals surface area contributed by atoms with Crippen molar-refractivity contribution in [2.24, 2.45) is 0 Å². The number of ketones is 1. The second kappa shape index (κ2) is 6.38. The molecule has 0 atom stereocenters. The lowest BCUT2D eigenvalue weighted by atomic mass is 10.2. The third kappa shape index (κ3) is 5.15. The van der Waals surface area contributed by atoms with Crippen LogP contribution < -0.4 is 0 Å². The number of benzene rings is 1. The monoisotopic (exact) mass is 198 g/mol. The van der Waals surface area contributed by atoms with E-state index in [0.29, 0.717) is 10.6 Å². The van der Waals surface area contributed by atoms with Crippen molar-refractivity contribution in [2.75, 3.05) is 0 Å². The highest BCUT2D eigenvalue weighted by Crippen LogP contribution is 2.09. The standard InChI is InChI=1S/C8H7ClO.C2H4O/c1-6(10)7-2-4-8(9)5-3-7;1-2-3/h2-5H,1H3;2H,1H3. The van der Waals surface area contributed by atoms with Crippen LogP contribution in [0, 0.1) is 0 Å². The average molecular weight is 199 g/mol. The van der Waals surface area contributed by atoms with Crippen LogP contribution >= 0.6 is 11.6 Å². The Kier molecular flexibility index (Phi) is 5.81. The molecule has 70 valence electrons. The van der Waals surface area contributed by atoms with Crippen LogP contribution in [0.5, 0.6) is 0 Å². The van der Waals surface area contributed by atoms with Crippen molar-refractivity contribution in [1.29, 1.82) is 0 Å². The van der Waals surface area contributed by atoms with Crippen molar-refractivity contribution in [2.45, 2.75) is 13.8 Å². The van der Waals surface area contributed by atoms with E-state index in [-0.39, 0.29) is 5.78 Å². The first kappa shape index (κ1) is 11.8. The van der Waals surface area contributed by atoms with E-state index < -0.39 is 0 Å². The number of Topliss-reactive ketones (excluding diaryl/α,β-unsaturated/α-hetero) is 1. The Labute approximate surface area is 82.5 Å². The molecule has 0 aliphatic heterocycles.